The molecule has 0 atom stereocenters. The molecule has 0 aromatic rings. The molecule has 0 bridgehead atoms. The third-order valence-electron chi connectivity index (χ3n) is 3.59. The van der Waals surface area contributed by atoms with E-state index in [-0.39, 0.29) is 0 Å². The van der Waals surface area contributed by atoms with E-state index in [1.54, 1.807) is 0 Å². The van der Waals surface area contributed by atoms with Gasteiger partial charge in [0.2, 0.25) is 5.91 Å². The van der Waals surface area contributed by atoms with Gasteiger partial charge in [-0.25, -0.2) is 0 Å². The minimum Gasteiger partial charge on any atom is -0.341 e. The SMILES string of the molecule is O=C1CCCN1CCNC1CCCCC1. The minimum absolute atomic E-state index is 0.348. The summed E-state index contributed by atoms with van der Waals surface area (Å²) in [6, 6.07) is 0.719. The fourth-order valence-corrected chi connectivity index (χ4v) is 2.65. The summed E-state index contributed by atoms with van der Waals surface area (Å²) in [5, 5.41) is 3.58. The van der Waals surface area contributed by atoms with Crippen molar-refractivity contribution < 1.29 is 4.79 Å². The standard InChI is InChI=1S/C12H22N2O/c15-12-7-4-9-14(12)10-8-13-11-5-2-1-3-6-11/h11,13H,1-10H2. The van der Waals surface area contributed by atoms with Gasteiger partial charge in [-0.3, -0.25) is 4.79 Å². The first kappa shape index (κ1) is 10.9. The highest BCUT2D eigenvalue weighted by Gasteiger charge is 2.19. The predicted molar refractivity (Wildman–Crippen MR) is 60.7 cm³/mol. The van der Waals surface area contributed by atoms with Gasteiger partial charge in [0.15, 0.2) is 0 Å². The lowest BCUT2D eigenvalue weighted by molar-refractivity contribution is -0.127. The maximum atomic E-state index is 11.4. The molecule has 0 aromatic heterocycles. The number of hydrogen-bond donors (Lipinski definition) is 1. The number of nitrogens with one attached hydrogen (secondary N) is 1. The number of carbonyl (C=O) groups is 1. The molecule has 1 saturated heterocycles. The van der Waals surface area contributed by atoms with Gasteiger partial charge in [0.05, 0.1) is 0 Å². The predicted octanol–water partition coefficient (Wildman–Crippen LogP) is 1.53. The molecule has 1 N–H and O–H groups in total. The van der Waals surface area contributed by atoms with Gasteiger partial charge in [-0.2, -0.15) is 0 Å². The molecule has 15 heavy (non-hydrogen) atoms. The van der Waals surface area contributed by atoms with Crippen LogP contribution in [-0.2, 0) is 4.79 Å². The average molecular weight is 210 g/mol. The smallest absolute Gasteiger partial charge is 0.222 e. The number of amides is 1. The molecular weight excluding hydrogens is 188 g/mol. The van der Waals surface area contributed by atoms with Gasteiger partial charge < -0.3 is 10.2 Å². The van der Waals surface area contributed by atoms with Crippen molar-refractivity contribution in [1.29, 1.82) is 0 Å². The van der Waals surface area contributed by atoms with E-state index in [1.807, 2.05) is 4.90 Å². The summed E-state index contributed by atoms with van der Waals surface area (Å²) in [6.07, 6.45) is 8.64. The molecule has 1 saturated carbocycles. The quantitative estimate of drug-likeness (QED) is 0.763. The first-order valence-electron chi connectivity index (χ1n) is 6.37. The van der Waals surface area contributed by atoms with Crippen molar-refractivity contribution in [2.45, 2.75) is 51.0 Å². The lowest BCUT2D eigenvalue weighted by atomic mass is 9.95. The molecule has 0 radical (unpaired) electrons. The summed E-state index contributed by atoms with van der Waals surface area (Å²) < 4.78 is 0. The second-order valence-corrected chi connectivity index (χ2v) is 4.77. The Morgan fingerprint density at radius 2 is 2.00 bits per heavy atom. The van der Waals surface area contributed by atoms with Crippen molar-refractivity contribution in [3.63, 3.8) is 0 Å². The van der Waals surface area contributed by atoms with Crippen LogP contribution in [0.5, 0.6) is 0 Å². The lowest BCUT2D eigenvalue weighted by Crippen LogP contribution is -2.38. The fraction of sp³-hybridized carbons (Fsp3) is 0.917. The molecule has 1 aliphatic heterocycles. The van der Waals surface area contributed by atoms with E-state index in [0.29, 0.717) is 5.91 Å². The Hall–Kier alpha value is -0.570. The Labute approximate surface area is 92.2 Å². The third kappa shape index (κ3) is 3.20. The van der Waals surface area contributed by atoms with Crippen molar-refractivity contribution in [2.24, 2.45) is 0 Å². The molecule has 86 valence electrons. The van der Waals surface area contributed by atoms with E-state index in [4.69, 9.17) is 0 Å². The monoisotopic (exact) mass is 210 g/mol. The Balaban J connectivity index is 1.59. The summed E-state index contributed by atoms with van der Waals surface area (Å²) >= 11 is 0. The van der Waals surface area contributed by atoms with Crippen LogP contribution in [0.2, 0.25) is 0 Å². The maximum Gasteiger partial charge on any atom is 0.222 e. The van der Waals surface area contributed by atoms with Crippen LogP contribution in [-0.4, -0.2) is 36.5 Å². The van der Waals surface area contributed by atoms with E-state index >= 15 is 0 Å². The zero-order valence-corrected chi connectivity index (χ0v) is 9.50. The van der Waals surface area contributed by atoms with E-state index in [2.05, 4.69) is 5.32 Å². The zero-order valence-electron chi connectivity index (χ0n) is 9.50. The molecule has 0 spiro atoms. The molecule has 0 unspecified atom stereocenters. The van der Waals surface area contributed by atoms with Crippen LogP contribution in [0.3, 0.4) is 0 Å². The van der Waals surface area contributed by atoms with Gasteiger partial charge in [0, 0.05) is 32.1 Å². The fourth-order valence-electron chi connectivity index (χ4n) is 2.65. The maximum absolute atomic E-state index is 11.4. The molecular formula is C12H22N2O. The van der Waals surface area contributed by atoms with Crippen LogP contribution in [0.25, 0.3) is 0 Å². The number of rotatable bonds is 4. The normalized spacial score (nSPS) is 23.7. The number of nitrogens with zero attached hydrogens (tertiary/aromatic N) is 1. The molecule has 3 heteroatoms. The van der Waals surface area contributed by atoms with Crippen LogP contribution in [0.15, 0.2) is 0 Å². The molecule has 1 aliphatic carbocycles. The number of carbonyl (C=O) groups excluding carboxylic acids is 1. The van der Waals surface area contributed by atoms with Crippen molar-refractivity contribution in [3.05, 3.63) is 0 Å². The molecule has 3 nitrogen and oxygen atoms in total. The molecule has 2 fully saturated rings. The summed E-state index contributed by atoms with van der Waals surface area (Å²) in [4.78, 5) is 13.4. The lowest BCUT2D eigenvalue weighted by Gasteiger charge is -2.24. The van der Waals surface area contributed by atoms with Gasteiger partial charge in [0.25, 0.3) is 0 Å². The Morgan fingerprint density at radius 1 is 1.20 bits per heavy atom. The van der Waals surface area contributed by atoms with Crippen LogP contribution < -0.4 is 5.32 Å². The first-order valence-corrected chi connectivity index (χ1v) is 6.37. The van der Waals surface area contributed by atoms with Crippen molar-refractivity contribution >= 4 is 5.91 Å². The van der Waals surface area contributed by atoms with Crippen LogP contribution in [0.4, 0.5) is 0 Å². The zero-order chi connectivity index (χ0) is 10.5. The summed E-state index contributed by atoms with van der Waals surface area (Å²) in [5.74, 6) is 0.348. The molecule has 1 amide bonds. The molecule has 0 aromatic carbocycles. The highest BCUT2D eigenvalue weighted by molar-refractivity contribution is 5.78. The summed E-state index contributed by atoms with van der Waals surface area (Å²) in [6.45, 7) is 2.87. The first-order chi connectivity index (χ1) is 7.36. The largest absolute Gasteiger partial charge is 0.341 e. The van der Waals surface area contributed by atoms with Gasteiger partial charge >= 0.3 is 0 Å². The second kappa shape index (κ2) is 5.50. The van der Waals surface area contributed by atoms with E-state index in [1.165, 1.54) is 32.1 Å². The Kier molecular flexibility index (Phi) is 4.01. The van der Waals surface area contributed by atoms with Gasteiger partial charge in [-0.1, -0.05) is 19.3 Å². The molecule has 1 heterocycles. The topological polar surface area (TPSA) is 32.3 Å². The highest BCUT2D eigenvalue weighted by Crippen LogP contribution is 2.17. The van der Waals surface area contributed by atoms with Crippen molar-refractivity contribution in [1.82, 2.24) is 10.2 Å². The van der Waals surface area contributed by atoms with Crippen LogP contribution in [0.1, 0.15) is 44.9 Å². The molecule has 2 rings (SSSR count). The van der Waals surface area contributed by atoms with E-state index < -0.39 is 0 Å². The highest BCUT2D eigenvalue weighted by atomic mass is 16.2. The van der Waals surface area contributed by atoms with Crippen LogP contribution >= 0.6 is 0 Å². The van der Waals surface area contributed by atoms with Crippen molar-refractivity contribution in [3.8, 4) is 0 Å². The minimum atomic E-state index is 0.348. The van der Waals surface area contributed by atoms with Crippen molar-refractivity contribution in [2.75, 3.05) is 19.6 Å². The number of hydrogen-bond acceptors (Lipinski definition) is 2. The van der Waals surface area contributed by atoms with E-state index in [0.717, 1.165) is 38.5 Å². The molecule has 2 aliphatic rings. The van der Waals surface area contributed by atoms with Crippen LogP contribution in [0, 0.1) is 0 Å². The van der Waals surface area contributed by atoms with Gasteiger partial charge in [-0.15, -0.1) is 0 Å². The Bertz CT molecular complexity index is 212. The average Bonchev–Trinajstić information content (AvgIpc) is 2.66. The Morgan fingerprint density at radius 3 is 2.67 bits per heavy atom. The summed E-state index contributed by atoms with van der Waals surface area (Å²) in [5.41, 5.74) is 0. The van der Waals surface area contributed by atoms with Gasteiger partial charge in [0.1, 0.15) is 0 Å². The number of likely N-dealkylation sites (tertiary alicyclic amines) is 1. The summed E-state index contributed by atoms with van der Waals surface area (Å²) in [7, 11) is 0. The third-order valence-corrected chi connectivity index (χ3v) is 3.59. The van der Waals surface area contributed by atoms with E-state index in [9.17, 15) is 4.79 Å². The van der Waals surface area contributed by atoms with Gasteiger partial charge in [-0.05, 0) is 19.3 Å². The second-order valence-electron chi connectivity index (χ2n) is 4.77.